The molecule has 0 fully saturated rings. The van der Waals surface area contributed by atoms with Crippen molar-refractivity contribution in [2.24, 2.45) is 0 Å². The summed E-state index contributed by atoms with van der Waals surface area (Å²) in [6, 6.07) is 30.9. The van der Waals surface area contributed by atoms with Gasteiger partial charge in [-0.15, -0.1) is 22.7 Å². The molecule has 0 saturated heterocycles. The Morgan fingerprint density at radius 3 is 1.90 bits per heavy atom. The zero-order chi connectivity index (χ0) is 28.4. The second-order valence-corrected chi connectivity index (χ2v) is 12.5. The molecule has 188 valence electrons. The summed E-state index contributed by atoms with van der Waals surface area (Å²) in [7, 11) is 0. The lowest BCUT2D eigenvalue weighted by Crippen LogP contribution is -1.94. The largest absolute Gasteiger partial charge is 0.282 e. The van der Waals surface area contributed by atoms with Crippen molar-refractivity contribution < 1.29 is 7.66 Å². The number of nitro groups is 1. The Morgan fingerprint density at radius 1 is 0.692 bits per heavy atom. The van der Waals surface area contributed by atoms with E-state index >= 15 is 0 Å². The smallest absolute Gasteiger partial charge is 0.258 e. The molecule has 0 amide bonds. The topological polar surface area (TPSA) is 43.1 Å². The summed E-state index contributed by atoms with van der Waals surface area (Å²) in [6.07, 6.45) is 0. The highest BCUT2D eigenvalue weighted by Crippen LogP contribution is 2.45. The van der Waals surface area contributed by atoms with Crippen molar-refractivity contribution in [3.63, 3.8) is 0 Å². The van der Waals surface area contributed by atoms with E-state index in [1.807, 2.05) is 42.5 Å². The Kier molecular flexibility index (Phi) is 5.45. The van der Waals surface area contributed by atoms with Gasteiger partial charge in [-0.1, -0.05) is 84.9 Å². The summed E-state index contributed by atoms with van der Waals surface area (Å²) in [4.78, 5) is 11.4. The minimum absolute atomic E-state index is 0.158. The average Bonchev–Trinajstić information content (AvgIpc) is 3.55. The Balaban J connectivity index is 0.000000136. The van der Waals surface area contributed by atoms with Crippen molar-refractivity contribution in [3.8, 4) is 0 Å². The molecular formula is C33H20INO2S2. The zero-order valence-corrected chi connectivity index (χ0v) is 24.4. The number of rotatable bonds is 1. The van der Waals surface area contributed by atoms with Crippen LogP contribution in [-0.2, 0) is 0 Å². The summed E-state index contributed by atoms with van der Waals surface area (Å²) >= 11 is 5.60. The first kappa shape index (κ1) is 22.2. The van der Waals surface area contributed by atoms with E-state index in [1.54, 1.807) is 30.4 Å². The summed E-state index contributed by atoms with van der Waals surface area (Å²) in [6.45, 7) is 1.80. The van der Waals surface area contributed by atoms with Crippen LogP contribution in [0.5, 0.6) is 0 Å². The highest BCUT2D eigenvalue weighted by Gasteiger charge is 2.23. The highest BCUT2D eigenvalue weighted by molar-refractivity contribution is 14.1. The third-order valence-electron chi connectivity index (χ3n) is 7.13. The van der Waals surface area contributed by atoms with Crippen molar-refractivity contribution in [1.29, 1.82) is 0 Å². The lowest BCUT2D eigenvalue weighted by molar-refractivity contribution is -0.383. The quantitative estimate of drug-likeness (QED) is 0.100. The standard InChI is InChI=1S/C17H11NO2S.C16H9IS/c1-10-11-6-2-3-7-12(11)17-15(16(10)18(19)20)13-8-4-5-9-14(13)21-17;17-14-9-13-11-6-3-4-8-15(11)18-16(13)12-7-2-1-5-10(12)14/h2-9H,1H3;1-9H/i9D;8D. The summed E-state index contributed by atoms with van der Waals surface area (Å²) < 4.78 is 21.5. The Hall–Kier alpha value is -3.59. The minimum atomic E-state index is -0.299. The molecule has 0 spiro atoms. The molecule has 0 aliphatic carbocycles. The second kappa shape index (κ2) is 9.55. The summed E-state index contributed by atoms with van der Waals surface area (Å²) in [5.41, 5.74) is 0.841. The van der Waals surface area contributed by atoms with Gasteiger partial charge in [0.15, 0.2) is 0 Å². The van der Waals surface area contributed by atoms with Crippen molar-refractivity contribution in [3.05, 3.63) is 122 Å². The molecule has 0 bridgehead atoms. The number of nitro benzene ring substituents is 1. The number of benzene rings is 6. The van der Waals surface area contributed by atoms with Crippen molar-refractivity contribution in [2.45, 2.75) is 6.92 Å². The van der Waals surface area contributed by atoms with E-state index < -0.39 is 0 Å². The van der Waals surface area contributed by atoms with E-state index in [0.717, 1.165) is 30.3 Å². The van der Waals surface area contributed by atoms with Crippen LogP contribution in [0, 0.1) is 20.6 Å². The summed E-state index contributed by atoms with van der Waals surface area (Å²) in [5, 5.41) is 20.1. The summed E-state index contributed by atoms with van der Waals surface area (Å²) in [5.74, 6) is 0. The third kappa shape index (κ3) is 3.89. The van der Waals surface area contributed by atoms with Crippen molar-refractivity contribution in [2.75, 3.05) is 0 Å². The molecule has 0 saturated carbocycles. The fraction of sp³-hybridized carbons (Fsp3) is 0.0303. The highest BCUT2D eigenvalue weighted by atomic mass is 127. The molecule has 0 radical (unpaired) electrons. The van der Waals surface area contributed by atoms with Gasteiger partial charge in [-0.2, -0.15) is 0 Å². The van der Waals surface area contributed by atoms with E-state index in [2.05, 4.69) is 59.0 Å². The molecule has 0 unspecified atom stereocenters. The van der Waals surface area contributed by atoms with E-state index in [0.29, 0.717) is 23.0 Å². The number of halogens is 1. The SMILES string of the molecule is [2H]c1cccc2c1sc1c3ccccc3c(C)c([N+](=O)[O-])c21.[2H]c1cccc2c1sc1c3ccccc3c(I)cc21. The van der Waals surface area contributed by atoms with Gasteiger partial charge in [0.2, 0.25) is 0 Å². The van der Waals surface area contributed by atoms with Crippen molar-refractivity contribution in [1.82, 2.24) is 0 Å². The molecule has 3 nitrogen and oxygen atoms in total. The number of fused-ring (bicyclic) bond motifs is 10. The van der Waals surface area contributed by atoms with E-state index in [-0.39, 0.29) is 10.6 Å². The fourth-order valence-electron chi connectivity index (χ4n) is 5.39. The van der Waals surface area contributed by atoms with Crippen LogP contribution in [0.3, 0.4) is 0 Å². The van der Waals surface area contributed by atoms with Crippen LogP contribution < -0.4 is 0 Å². The van der Waals surface area contributed by atoms with Gasteiger partial charge >= 0.3 is 0 Å². The van der Waals surface area contributed by atoms with Gasteiger partial charge in [0.1, 0.15) is 0 Å². The Bertz CT molecular complexity index is 2360. The molecule has 6 heteroatoms. The number of hydrogen-bond acceptors (Lipinski definition) is 4. The first-order chi connectivity index (χ1) is 19.8. The van der Waals surface area contributed by atoms with Crippen LogP contribution >= 0.6 is 45.3 Å². The number of aryl methyl sites for hydroxylation is 1. The molecule has 0 aliphatic rings. The predicted molar refractivity (Wildman–Crippen MR) is 178 cm³/mol. The third-order valence-corrected chi connectivity index (χ3v) is 10.4. The zero-order valence-electron chi connectivity index (χ0n) is 22.6. The first-order valence-electron chi connectivity index (χ1n) is 13.3. The average molecular weight is 656 g/mol. The molecule has 2 heterocycles. The monoisotopic (exact) mass is 655 g/mol. The van der Waals surface area contributed by atoms with Gasteiger partial charge in [0.25, 0.3) is 5.69 Å². The second-order valence-electron chi connectivity index (χ2n) is 9.29. The van der Waals surface area contributed by atoms with E-state index in [9.17, 15) is 10.1 Å². The van der Waals surface area contributed by atoms with Gasteiger partial charge in [0, 0.05) is 50.2 Å². The van der Waals surface area contributed by atoms with Gasteiger partial charge < -0.3 is 0 Å². The minimum Gasteiger partial charge on any atom is -0.258 e. The molecule has 8 aromatic rings. The van der Waals surface area contributed by atoms with Crippen LogP contribution in [0.1, 0.15) is 8.30 Å². The lowest BCUT2D eigenvalue weighted by atomic mass is 9.99. The number of hydrogen-bond donors (Lipinski definition) is 0. The molecule has 0 N–H and O–H groups in total. The molecule has 2 aromatic heterocycles. The number of thiophene rings is 2. The molecular weight excluding hydrogens is 633 g/mol. The van der Waals surface area contributed by atoms with Crippen LogP contribution in [0.4, 0.5) is 5.69 Å². The Morgan fingerprint density at radius 2 is 1.21 bits per heavy atom. The van der Waals surface area contributed by atoms with Gasteiger partial charge in [-0.3, -0.25) is 10.1 Å². The molecule has 8 rings (SSSR count). The first-order valence-corrected chi connectivity index (χ1v) is 15.0. The molecule has 0 aliphatic heterocycles. The lowest BCUT2D eigenvalue weighted by Gasteiger charge is -2.06. The Labute approximate surface area is 248 Å². The molecule has 6 aromatic carbocycles. The normalized spacial score (nSPS) is 12.3. The maximum atomic E-state index is 11.7. The molecule has 39 heavy (non-hydrogen) atoms. The maximum absolute atomic E-state index is 11.7. The maximum Gasteiger partial charge on any atom is 0.282 e. The van der Waals surface area contributed by atoms with Crippen molar-refractivity contribution >= 4 is 113 Å². The number of nitrogens with zero attached hydrogens (tertiary/aromatic N) is 1. The predicted octanol–water partition coefficient (Wildman–Crippen LogP) is 11.2. The van der Waals surface area contributed by atoms with Crippen LogP contribution in [0.2, 0.25) is 0 Å². The van der Waals surface area contributed by atoms with Crippen LogP contribution in [0.15, 0.2) is 103 Å². The van der Waals surface area contributed by atoms with Crippen LogP contribution in [0.25, 0.3) is 61.9 Å². The van der Waals surface area contributed by atoms with Gasteiger partial charge in [0.05, 0.1) is 17.8 Å². The van der Waals surface area contributed by atoms with Gasteiger partial charge in [-0.05, 0) is 58.4 Å². The molecule has 0 atom stereocenters. The van der Waals surface area contributed by atoms with E-state index in [1.165, 1.54) is 41.2 Å². The fourth-order valence-corrected chi connectivity index (χ4v) is 8.56. The van der Waals surface area contributed by atoms with Gasteiger partial charge in [-0.25, -0.2) is 0 Å². The van der Waals surface area contributed by atoms with Crippen LogP contribution in [-0.4, -0.2) is 4.92 Å². The van der Waals surface area contributed by atoms with E-state index in [4.69, 9.17) is 2.74 Å².